The third kappa shape index (κ3) is 5.52. The van der Waals surface area contributed by atoms with E-state index in [9.17, 15) is 18.7 Å². The number of likely N-dealkylation sites (tertiary alicyclic amines) is 1. The molecule has 0 spiro atoms. The number of aromatic carboxylic acids is 1. The Morgan fingerprint density at radius 2 is 2.00 bits per heavy atom. The minimum atomic E-state index is -1.18. The van der Waals surface area contributed by atoms with Crippen molar-refractivity contribution in [1.29, 1.82) is 0 Å². The molecule has 11 heteroatoms. The van der Waals surface area contributed by atoms with Gasteiger partial charge in [0.1, 0.15) is 17.9 Å². The van der Waals surface area contributed by atoms with Crippen LogP contribution in [0.25, 0.3) is 11.0 Å². The molecule has 2 fully saturated rings. The Kier molecular flexibility index (Phi) is 7.39. The van der Waals surface area contributed by atoms with E-state index in [1.807, 2.05) is 16.7 Å². The number of benzene rings is 2. The second-order valence-electron chi connectivity index (χ2n) is 10.2. The molecule has 1 N–H and O–H groups in total. The van der Waals surface area contributed by atoms with E-state index in [-0.39, 0.29) is 35.5 Å². The average Bonchev–Trinajstić information content (AvgIpc) is 3.51. The average molecular weight is 569 g/mol. The predicted octanol–water partition coefficient (Wildman–Crippen LogP) is 5.42. The fourth-order valence-electron chi connectivity index (χ4n) is 5.33. The van der Waals surface area contributed by atoms with Crippen molar-refractivity contribution in [2.75, 3.05) is 19.7 Å². The first kappa shape index (κ1) is 26.6. The number of rotatable bonds is 9. The number of carbonyl (C=O) groups is 1. The van der Waals surface area contributed by atoms with Crippen molar-refractivity contribution >= 4 is 28.6 Å². The van der Waals surface area contributed by atoms with Crippen molar-refractivity contribution in [2.45, 2.75) is 44.6 Å². The summed E-state index contributed by atoms with van der Waals surface area (Å²) in [5.74, 6) is -1.31. The summed E-state index contributed by atoms with van der Waals surface area (Å²) < 4.78 is 42.1. The van der Waals surface area contributed by atoms with E-state index in [2.05, 4.69) is 14.9 Å². The van der Waals surface area contributed by atoms with Gasteiger partial charge in [0.25, 0.3) is 0 Å². The van der Waals surface area contributed by atoms with Gasteiger partial charge >= 0.3 is 5.97 Å². The van der Waals surface area contributed by atoms with Gasteiger partial charge in [-0.05, 0) is 73.3 Å². The van der Waals surface area contributed by atoms with Gasteiger partial charge in [0.2, 0.25) is 0 Å². The Bertz CT molecular complexity index is 1580. The Morgan fingerprint density at radius 1 is 1.15 bits per heavy atom. The number of hydrogen-bond donors (Lipinski definition) is 1. The third-order valence-corrected chi connectivity index (χ3v) is 7.77. The normalized spacial score (nSPS) is 19.2. The number of halogens is 3. The smallest absolute Gasteiger partial charge is 0.335 e. The maximum Gasteiger partial charge on any atom is 0.335 e. The molecule has 2 unspecified atom stereocenters. The van der Waals surface area contributed by atoms with Gasteiger partial charge in [0.15, 0.2) is 17.4 Å². The number of fused-ring (bicyclic) bond motifs is 1. The van der Waals surface area contributed by atoms with E-state index >= 15 is 0 Å². The molecule has 4 aromatic rings. The van der Waals surface area contributed by atoms with Gasteiger partial charge in [-0.15, -0.1) is 0 Å². The van der Waals surface area contributed by atoms with Crippen LogP contribution in [0.1, 0.15) is 46.2 Å². The lowest BCUT2D eigenvalue weighted by atomic mass is 9.99. The molecule has 2 saturated heterocycles. The van der Waals surface area contributed by atoms with Gasteiger partial charge in [-0.2, -0.15) is 0 Å². The molecular formula is C29H27ClF2N4O4. The van der Waals surface area contributed by atoms with E-state index in [1.54, 1.807) is 12.3 Å². The first-order valence-corrected chi connectivity index (χ1v) is 13.5. The summed E-state index contributed by atoms with van der Waals surface area (Å²) in [5, 5.41) is 9.75. The SMILES string of the molecule is O=C(O)c1cc(F)c2nc(CN3CCC(c4ccnc(COc5ccc(Cl)cc5F)c4)C3)n(CC3CCO3)c2c1. The minimum absolute atomic E-state index is 0.00201. The second-order valence-corrected chi connectivity index (χ2v) is 10.7. The largest absolute Gasteiger partial charge is 0.484 e. The number of carboxylic acid groups (broad SMARTS) is 1. The van der Waals surface area contributed by atoms with E-state index in [0.29, 0.717) is 41.8 Å². The van der Waals surface area contributed by atoms with Crippen LogP contribution in [0.5, 0.6) is 5.75 Å². The molecule has 208 valence electrons. The van der Waals surface area contributed by atoms with Gasteiger partial charge in [-0.25, -0.2) is 18.6 Å². The number of carboxylic acids is 1. The van der Waals surface area contributed by atoms with Gasteiger partial charge in [-0.3, -0.25) is 9.88 Å². The molecule has 2 aromatic carbocycles. The van der Waals surface area contributed by atoms with Gasteiger partial charge in [0, 0.05) is 24.4 Å². The highest BCUT2D eigenvalue weighted by atomic mass is 35.5. The van der Waals surface area contributed by atoms with Crippen molar-refractivity contribution in [1.82, 2.24) is 19.4 Å². The molecule has 0 aliphatic carbocycles. The highest BCUT2D eigenvalue weighted by Crippen LogP contribution is 2.31. The van der Waals surface area contributed by atoms with Gasteiger partial charge in [-0.1, -0.05) is 11.6 Å². The van der Waals surface area contributed by atoms with Crippen LogP contribution in [0.3, 0.4) is 0 Å². The number of imidazole rings is 1. The molecule has 0 amide bonds. The monoisotopic (exact) mass is 568 g/mol. The maximum absolute atomic E-state index is 14.9. The molecule has 2 aromatic heterocycles. The van der Waals surface area contributed by atoms with Crippen LogP contribution < -0.4 is 4.74 Å². The standard InChI is InChI=1S/C29H27ClF2N4O4/c30-20-1-2-26(23(31)12-20)40-16-21-9-17(3-6-33-21)18-4-7-35(13-18)15-27-34-28-24(32)10-19(29(37)38)11-25(28)36(27)14-22-5-8-39-22/h1-3,6,9-12,18,22H,4-5,7-8,13-16H2,(H,37,38). The van der Waals surface area contributed by atoms with Crippen LogP contribution in [-0.4, -0.2) is 56.3 Å². The summed E-state index contributed by atoms with van der Waals surface area (Å²) in [5.41, 5.74) is 2.34. The molecule has 6 rings (SSSR count). The minimum Gasteiger partial charge on any atom is -0.484 e. The molecule has 0 saturated carbocycles. The molecule has 8 nitrogen and oxygen atoms in total. The lowest BCUT2D eigenvalue weighted by molar-refractivity contribution is -0.0591. The summed E-state index contributed by atoms with van der Waals surface area (Å²) in [4.78, 5) is 22.8. The van der Waals surface area contributed by atoms with Crippen LogP contribution in [0, 0.1) is 11.6 Å². The molecule has 40 heavy (non-hydrogen) atoms. The second kappa shape index (κ2) is 11.1. The zero-order valence-corrected chi connectivity index (χ0v) is 22.3. The van der Waals surface area contributed by atoms with Crippen molar-refractivity contribution in [3.63, 3.8) is 0 Å². The molecule has 2 aliphatic heterocycles. The summed E-state index contributed by atoms with van der Waals surface area (Å²) >= 11 is 5.81. The third-order valence-electron chi connectivity index (χ3n) is 7.53. The van der Waals surface area contributed by atoms with Crippen LogP contribution >= 0.6 is 11.6 Å². The summed E-state index contributed by atoms with van der Waals surface area (Å²) in [7, 11) is 0. The lowest BCUT2D eigenvalue weighted by Gasteiger charge is -2.28. The topological polar surface area (TPSA) is 89.7 Å². The molecular weight excluding hydrogens is 542 g/mol. The van der Waals surface area contributed by atoms with Crippen molar-refractivity contribution in [3.05, 3.63) is 88.0 Å². The van der Waals surface area contributed by atoms with Crippen LogP contribution in [0.4, 0.5) is 8.78 Å². The fourth-order valence-corrected chi connectivity index (χ4v) is 5.49. The first-order valence-electron chi connectivity index (χ1n) is 13.1. The quantitative estimate of drug-likeness (QED) is 0.288. The van der Waals surface area contributed by atoms with Crippen LogP contribution in [0.15, 0.2) is 48.7 Å². The molecule has 4 heterocycles. The van der Waals surface area contributed by atoms with Gasteiger partial charge < -0.3 is 19.1 Å². The maximum atomic E-state index is 14.9. The van der Waals surface area contributed by atoms with E-state index in [0.717, 1.165) is 37.6 Å². The highest BCUT2D eigenvalue weighted by molar-refractivity contribution is 6.30. The zero-order valence-electron chi connectivity index (χ0n) is 21.5. The predicted molar refractivity (Wildman–Crippen MR) is 144 cm³/mol. The van der Waals surface area contributed by atoms with E-state index < -0.39 is 17.6 Å². The Morgan fingerprint density at radius 3 is 2.75 bits per heavy atom. The van der Waals surface area contributed by atoms with Gasteiger partial charge in [0.05, 0.1) is 36.0 Å². The number of aromatic nitrogens is 3. The Labute approximate surface area is 234 Å². The molecule has 2 atom stereocenters. The number of ether oxygens (including phenoxy) is 2. The number of pyridine rings is 1. The first-order chi connectivity index (χ1) is 19.3. The lowest BCUT2D eigenvalue weighted by Crippen LogP contribution is -2.32. The molecule has 0 bridgehead atoms. The number of nitrogens with zero attached hydrogens (tertiary/aromatic N) is 4. The van der Waals surface area contributed by atoms with E-state index in [4.69, 9.17) is 21.1 Å². The zero-order chi connectivity index (χ0) is 27.8. The summed E-state index contributed by atoms with van der Waals surface area (Å²) in [6.45, 7) is 3.38. The summed E-state index contributed by atoms with van der Waals surface area (Å²) in [6, 6.07) is 10.7. The van der Waals surface area contributed by atoms with Crippen molar-refractivity contribution in [2.24, 2.45) is 0 Å². The number of hydrogen-bond acceptors (Lipinski definition) is 6. The Hall–Kier alpha value is -3.60. The molecule has 2 aliphatic rings. The summed E-state index contributed by atoms with van der Waals surface area (Å²) in [6.07, 6.45) is 3.54. The van der Waals surface area contributed by atoms with Crippen molar-refractivity contribution in [3.8, 4) is 5.75 Å². The van der Waals surface area contributed by atoms with E-state index in [1.165, 1.54) is 18.2 Å². The highest BCUT2D eigenvalue weighted by Gasteiger charge is 2.28. The molecule has 0 radical (unpaired) electrons. The Balaban J connectivity index is 1.17. The van der Waals surface area contributed by atoms with Crippen LogP contribution in [0.2, 0.25) is 5.02 Å². The fraction of sp³-hybridized carbons (Fsp3) is 0.345. The van der Waals surface area contributed by atoms with Crippen molar-refractivity contribution < 1.29 is 28.2 Å². The van der Waals surface area contributed by atoms with Crippen LogP contribution in [-0.2, 0) is 24.4 Å².